The van der Waals surface area contributed by atoms with Crippen LogP contribution < -0.4 is 5.73 Å². The van der Waals surface area contributed by atoms with Gasteiger partial charge in [-0.2, -0.15) is 5.10 Å². The normalized spacial score (nSPS) is 25.0. The fourth-order valence-corrected chi connectivity index (χ4v) is 2.78. The van der Waals surface area contributed by atoms with Gasteiger partial charge in [-0.3, -0.25) is 4.68 Å². The second-order valence-corrected chi connectivity index (χ2v) is 5.26. The second kappa shape index (κ2) is 5.82. The van der Waals surface area contributed by atoms with Gasteiger partial charge in [-0.05, 0) is 46.6 Å². The summed E-state index contributed by atoms with van der Waals surface area (Å²) >= 11 is 0. The lowest BCUT2D eigenvalue weighted by Crippen LogP contribution is -2.45. The molecule has 1 aliphatic rings. The molecule has 0 amide bonds. The van der Waals surface area contributed by atoms with Gasteiger partial charge >= 0.3 is 0 Å². The Bertz CT molecular complexity index is 375. The average molecular weight is 251 g/mol. The van der Waals surface area contributed by atoms with Crippen molar-refractivity contribution in [2.24, 2.45) is 5.73 Å². The minimum Gasteiger partial charge on any atom is -0.321 e. The third kappa shape index (κ3) is 2.74. The molecule has 0 bridgehead atoms. The Balaban J connectivity index is 2.17. The maximum absolute atomic E-state index is 6.48. The summed E-state index contributed by atoms with van der Waals surface area (Å²) < 4.78 is 2.00. The molecule has 2 rings (SSSR count). The van der Waals surface area contributed by atoms with Gasteiger partial charge in [0, 0.05) is 25.3 Å². The Labute approximate surface area is 110 Å². The molecule has 18 heavy (non-hydrogen) atoms. The third-order valence-corrected chi connectivity index (χ3v) is 3.92. The molecule has 1 saturated heterocycles. The predicted molar refractivity (Wildman–Crippen MR) is 73.4 cm³/mol. The zero-order valence-electron chi connectivity index (χ0n) is 11.7. The molecule has 5 nitrogen and oxygen atoms in total. The standard InChI is InChI=1S/C13H25N5/c1-4-18-11(6-7-15-18)13(14)12-10-16(2)8-5-9-17(12)3/h6-7,12-13H,4-5,8-10,14H2,1-3H3. The topological polar surface area (TPSA) is 50.3 Å². The minimum atomic E-state index is 0.0259. The Kier molecular flexibility index (Phi) is 4.37. The van der Waals surface area contributed by atoms with Crippen LogP contribution in [0.1, 0.15) is 25.1 Å². The molecule has 2 N–H and O–H groups in total. The number of nitrogens with zero attached hydrogens (tertiary/aromatic N) is 4. The van der Waals surface area contributed by atoms with Crippen LogP contribution in [-0.4, -0.2) is 59.4 Å². The van der Waals surface area contributed by atoms with Crippen LogP contribution in [0.3, 0.4) is 0 Å². The third-order valence-electron chi connectivity index (χ3n) is 3.92. The van der Waals surface area contributed by atoms with Gasteiger partial charge in [-0.1, -0.05) is 0 Å². The zero-order chi connectivity index (χ0) is 13.1. The van der Waals surface area contributed by atoms with E-state index in [0.717, 1.165) is 31.9 Å². The van der Waals surface area contributed by atoms with E-state index < -0.39 is 0 Å². The first-order chi connectivity index (χ1) is 8.63. The van der Waals surface area contributed by atoms with Crippen molar-refractivity contribution < 1.29 is 0 Å². The predicted octanol–water partition coefficient (Wildman–Crippen LogP) is 0.539. The van der Waals surface area contributed by atoms with Crippen LogP contribution in [0.25, 0.3) is 0 Å². The van der Waals surface area contributed by atoms with Gasteiger partial charge in [-0.15, -0.1) is 0 Å². The summed E-state index contributed by atoms with van der Waals surface area (Å²) in [5, 5.41) is 4.32. The Morgan fingerprint density at radius 1 is 1.44 bits per heavy atom. The van der Waals surface area contributed by atoms with Crippen molar-refractivity contribution in [1.82, 2.24) is 19.6 Å². The number of aryl methyl sites for hydroxylation is 1. The molecule has 2 heterocycles. The van der Waals surface area contributed by atoms with Crippen molar-refractivity contribution in [3.63, 3.8) is 0 Å². The zero-order valence-corrected chi connectivity index (χ0v) is 11.7. The van der Waals surface area contributed by atoms with Gasteiger partial charge in [0.15, 0.2) is 0 Å². The minimum absolute atomic E-state index is 0.0259. The smallest absolute Gasteiger partial charge is 0.0637 e. The lowest BCUT2D eigenvalue weighted by atomic mass is 10.0. The van der Waals surface area contributed by atoms with Gasteiger partial charge in [0.2, 0.25) is 0 Å². The Morgan fingerprint density at radius 3 is 2.94 bits per heavy atom. The van der Waals surface area contributed by atoms with Crippen molar-refractivity contribution in [3.8, 4) is 0 Å². The molecule has 0 aliphatic carbocycles. The fourth-order valence-electron chi connectivity index (χ4n) is 2.78. The molecule has 0 radical (unpaired) electrons. The second-order valence-electron chi connectivity index (χ2n) is 5.26. The van der Waals surface area contributed by atoms with E-state index in [2.05, 4.69) is 35.9 Å². The maximum Gasteiger partial charge on any atom is 0.0637 e. The largest absolute Gasteiger partial charge is 0.321 e. The SMILES string of the molecule is CCn1nccc1C(N)C1CN(C)CCCN1C. The molecule has 0 saturated carbocycles. The van der Waals surface area contributed by atoms with E-state index >= 15 is 0 Å². The van der Waals surface area contributed by atoms with E-state index in [1.54, 1.807) is 0 Å². The quantitative estimate of drug-likeness (QED) is 0.852. The van der Waals surface area contributed by atoms with Crippen LogP contribution in [0.5, 0.6) is 0 Å². The summed E-state index contributed by atoms with van der Waals surface area (Å²) in [6.45, 7) is 6.27. The van der Waals surface area contributed by atoms with Crippen molar-refractivity contribution in [2.45, 2.75) is 32.0 Å². The number of hydrogen-bond acceptors (Lipinski definition) is 4. The molecule has 1 aromatic heterocycles. The summed E-state index contributed by atoms with van der Waals surface area (Å²) in [7, 11) is 4.35. The summed E-state index contributed by atoms with van der Waals surface area (Å²) in [5.41, 5.74) is 7.63. The van der Waals surface area contributed by atoms with Crippen LogP contribution in [0, 0.1) is 0 Å². The van der Waals surface area contributed by atoms with Gasteiger partial charge < -0.3 is 15.5 Å². The molecule has 0 spiro atoms. The van der Waals surface area contributed by atoms with Crippen molar-refractivity contribution in [3.05, 3.63) is 18.0 Å². The number of hydrogen-bond donors (Lipinski definition) is 1. The van der Waals surface area contributed by atoms with Crippen LogP contribution in [-0.2, 0) is 6.54 Å². The fraction of sp³-hybridized carbons (Fsp3) is 0.769. The number of nitrogens with two attached hydrogens (primary N) is 1. The maximum atomic E-state index is 6.48. The highest BCUT2D eigenvalue weighted by molar-refractivity contribution is 5.10. The van der Waals surface area contributed by atoms with Crippen molar-refractivity contribution in [1.29, 1.82) is 0 Å². The highest BCUT2D eigenvalue weighted by Gasteiger charge is 2.28. The van der Waals surface area contributed by atoms with Crippen molar-refractivity contribution >= 4 is 0 Å². The molecule has 2 unspecified atom stereocenters. The molecule has 0 aromatic carbocycles. The van der Waals surface area contributed by atoms with E-state index in [-0.39, 0.29) is 6.04 Å². The summed E-state index contributed by atoms with van der Waals surface area (Å²) in [4.78, 5) is 4.77. The van der Waals surface area contributed by atoms with Crippen molar-refractivity contribution in [2.75, 3.05) is 33.7 Å². The number of aromatic nitrogens is 2. The first-order valence-electron chi connectivity index (χ1n) is 6.79. The molecule has 1 aliphatic heterocycles. The van der Waals surface area contributed by atoms with Gasteiger partial charge in [0.1, 0.15) is 0 Å². The van der Waals surface area contributed by atoms with E-state index in [1.807, 2.05) is 16.9 Å². The molecule has 5 heteroatoms. The molecular formula is C13H25N5. The van der Waals surface area contributed by atoms with E-state index in [4.69, 9.17) is 5.73 Å². The van der Waals surface area contributed by atoms with E-state index in [9.17, 15) is 0 Å². The molecule has 1 aromatic rings. The van der Waals surface area contributed by atoms with Gasteiger partial charge in [-0.25, -0.2) is 0 Å². The summed E-state index contributed by atoms with van der Waals surface area (Å²) in [6, 6.07) is 2.44. The molecule has 1 fully saturated rings. The van der Waals surface area contributed by atoms with Crippen LogP contribution >= 0.6 is 0 Å². The number of rotatable bonds is 3. The van der Waals surface area contributed by atoms with E-state index in [1.165, 1.54) is 6.42 Å². The monoisotopic (exact) mass is 251 g/mol. The summed E-state index contributed by atoms with van der Waals surface area (Å²) in [5.74, 6) is 0. The van der Waals surface area contributed by atoms with Crippen LogP contribution in [0.2, 0.25) is 0 Å². The van der Waals surface area contributed by atoms with Crippen LogP contribution in [0.4, 0.5) is 0 Å². The lowest BCUT2D eigenvalue weighted by molar-refractivity contribution is 0.192. The van der Waals surface area contributed by atoms with Gasteiger partial charge in [0.25, 0.3) is 0 Å². The number of likely N-dealkylation sites (N-methyl/N-ethyl adjacent to an activating group) is 2. The van der Waals surface area contributed by atoms with Gasteiger partial charge in [0.05, 0.1) is 11.7 Å². The van der Waals surface area contributed by atoms with E-state index in [0.29, 0.717) is 6.04 Å². The molecule has 102 valence electrons. The summed E-state index contributed by atoms with van der Waals surface area (Å²) in [6.07, 6.45) is 3.06. The Hall–Kier alpha value is -0.910. The first-order valence-corrected chi connectivity index (χ1v) is 6.79. The lowest BCUT2D eigenvalue weighted by Gasteiger charge is -2.32. The molecule has 2 atom stereocenters. The van der Waals surface area contributed by atoms with Crippen LogP contribution in [0.15, 0.2) is 12.3 Å². The average Bonchev–Trinajstić information content (AvgIpc) is 2.76. The first kappa shape index (κ1) is 13.5. The molecular weight excluding hydrogens is 226 g/mol. The highest BCUT2D eigenvalue weighted by Crippen LogP contribution is 2.20. The highest BCUT2D eigenvalue weighted by atomic mass is 15.3. The Morgan fingerprint density at radius 2 is 2.22 bits per heavy atom.